The third kappa shape index (κ3) is 2.54. The molecule has 0 aliphatic carbocycles. The summed E-state index contributed by atoms with van der Waals surface area (Å²) in [5, 5.41) is 11.1. The van der Waals surface area contributed by atoms with Crippen LogP contribution in [0.1, 0.15) is 5.56 Å². The van der Waals surface area contributed by atoms with E-state index in [2.05, 4.69) is 0 Å². The number of hydrogen-bond donors (Lipinski definition) is 0. The Labute approximate surface area is 114 Å². The number of rotatable bonds is 4. The molecule has 0 saturated heterocycles. The Hall–Kier alpha value is -2.63. The van der Waals surface area contributed by atoms with E-state index in [1.165, 1.54) is 31.4 Å². The van der Waals surface area contributed by atoms with Gasteiger partial charge in [-0.2, -0.15) is 0 Å². The highest BCUT2D eigenvalue weighted by Crippen LogP contribution is 2.38. The molecule has 0 spiro atoms. The van der Waals surface area contributed by atoms with E-state index in [9.17, 15) is 14.5 Å². The minimum absolute atomic E-state index is 0.0293. The predicted octanol–water partition coefficient (Wildman–Crippen LogP) is 3.84. The average molecular weight is 277 g/mol. The van der Waals surface area contributed by atoms with Crippen LogP contribution in [0.25, 0.3) is 0 Å². The molecule has 0 heterocycles. The molecule has 20 heavy (non-hydrogen) atoms. The Morgan fingerprint density at radius 1 is 1.15 bits per heavy atom. The monoisotopic (exact) mass is 277 g/mol. The molecule has 0 amide bonds. The van der Waals surface area contributed by atoms with Crippen LogP contribution in [0, 0.1) is 22.9 Å². The average Bonchev–Trinajstić information content (AvgIpc) is 2.40. The minimum Gasteiger partial charge on any atom is -0.493 e. The van der Waals surface area contributed by atoms with E-state index in [0.29, 0.717) is 5.56 Å². The second-order valence-electron chi connectivity index (χ2n) is 4.05. The van der Waals surface area contributed by atoms with Gasteiger partial charge in [0.15, 0.2) is 11.6 Å². The van der Waals surface area contributed by atoms with E-state index in [4.69, 9.17) is 9.47 Å². The zero-order valence-corrected chi connectivity index (χ0v) is 10.9. The van der Waals surface area contributed by atoms with E-state index in [0.717, 1.165) is 0 Å². The number of nitro benzene ring substituents is 1. The lowest BCUT2D eigenvalue weighted by Gasteiger charge is -2.11. The van der Waals surface area contributed by atoms with Crippen LogP contribution in [0.2, 0.25) is 0 Å². The largest absolute Gasteiger partial charge is 0.493 e. The zero-order valence-electron chi connectivity index (χ0n) is 10.9. The summed E-state index contributed by atoms with van der Waals surface area (Å²) in [6, 6.07) is 8.77. The van der Waals surface area contributed by atoms with Gasteiger partial charge >= 0.3 is 5.69 Å². The summed E-state index contributed by atoms with van der Waals surface area (Å²) in [4.78, 5) is 10.5. The Morgan fingerprint density at radius 3 is 2.45 bits per heavy atom. The van der Waals surface area contributed by atoms with Gasteiger partial charge in [-0.05, 0) is 25.1 Å². The fourth-order valence-electron chi connectivity index (χ4n) is 1.81. The number of para-hydroxylation sites is 2. The maximum atomic E-state index is 13.8. The van der Waals surface area contributed by atoms with Crippen molar-refractivity contribution in [3.63, 3.8) is 0 Å². The molecule has 0 N–H and O–H groups in total. The fourth-order valence-corrected chi connectivity index (χ4v) is 1.81. The van der Waals surface area contributed by atoms with Gasteiger partial charge in [-0.1, -0.05) is 18.2 Å². The van der Waals surface area contributed by atoms with Crippen LogP contribution in [0.3, 0.4) is 0 Å². The lowest BCUT2D eigenvalue weighted by molar-refractivity contribution is -0.386. The molecule has 0 unspecified atom stereocenters. The van der Waals surface area contributed by atoms with Gasteiger partial charge in [0, 0.05) is 5.56 Å². The molecule has 0 atom stereocenters. The van der Waals surface area contributed by atoms with Crippen molar-refractivity contribution in [2.24, 2.45) is 0 Å². The normalized spacial score (nSPS) is 10.2. The van der Waals surface area contributed by atoms with Crippen molar-refractivity contribution >= 4 is 5.69 Å². The Balaban J connectivity index is 2.51. The molecular weight excluding hydrogens is 265 g/mol. The molecule has 0 fully saturated rings. The van der Waals surface area contributed by atoms with Crippen molar-refractivity contribution in [1.82, 2.24) is 0 Å². The highest BCUT2D eigenvalue weighted by molar-refractivity contribution is 5.55. The number of aryl methyl sites for hydroxylation is 1. The minimum atomic E-state index is -0.653. The Morgan fingerprint density at radius 2 is 1.80 bits per heavy atom. The van der Waals surface area contributed by atoms with Crippen molar-refractivity contribution in [2.75, 3.05) is 7.11 Å². The molecule has 104 valence electrons. The van der Waals surface area contributed by atoms with Gasteiger partial charge in [0.25, 0.3) is 0 Å². The summed E-state index contributed by atoms with van der Waals surface area (Å²) in [6.45, 7) is 1.59. The number of nitro groups is 1. The maximum absolute atomic E-state index is 13.8. The summed E-state index contributed by atoms with van der Waals surface area (Å²) in [5.74, 6) is -0.692. The van der Waals surface area contributed by atoms with E-state index in [-0.39, 0.29) is 22.9 Å². The standard InChI is InChI=1S/C14H12FNO4/c1-9-5-3-7-11(13(9)16(17)18)20-14-10(15)6-4-8-12(14)19-2/h3-8H,1-2H3. The van der Waals surface area contributed by atoms with Crippen molar-refractivity contribution in [3.8, 4) is 17.2 Å². The number of nitrogens with zero attached hydrogens (tertiary/aromatic N) is 1. The molecule has 0 aliphatic heterocycles. The van der Waals surface area contributed by atoms with Crippen LogP contribution >= 0.6 is 0 Å². The Bertz CT molecular complexity index is 658. The van der Waals surface area contributed by atoms with Crippen LogP contribution in [-0.2, 0) is 0 Å². The maximum Gasteiger partial charge on any atom is 0.314 e. The summed E-state index contributed by atoms with van der Waals surface area (Å²) < 4.78 is 24.1. The summed E-state index contributed by atoms with van der Waals surface area (Å²) in [5.41, 5.74) is 0.237. The van der Waals surface area contributed by atoms with Crippen LogP contribution in [0.4, 0.5) is 10.1 Å². The molecule has 0 saturated carbocycles. The Kier molecular flexibility index (Phi) is 3.84. The smallest absolute Gasteiger partial charge is 0.314 e. The van der Waals surface area contributed by atoms with Gasteiger partial charge in [0.1, 0.15) is 0 Å². The molecule has 5 nitrogen and oxygen atoms in total. The first kappa shape index (κ1) is 13.8. The molecule has 6 heteroatoms. The summed E-state index contributed by atoms with van der Waals surface area (Å²) in [7, 11) is 1.37. The highest BCUT2D eigenvalue weighted by Gasteiger charge is 2.21. The highest BCUT2D eigenvalue weighted by atomic mass is 19.1. The number of ether oxygens (including phenoxy) is 2. The predicted molar refractivity (Wildman–Crippen MR) is 70.9 cm³/mol. The van der Waals surface area contributed by atoms with Gasteiger partial charge in [-0.25, -0.2) is 4.39 Å². The summed E-state index contributed by atoms with van der Waals surface area (Å²) in [6.07, 6.45) is 0. The number of halogens is 1. The third-order valence-electron chi connectivity index (χ3n) is 2.75. The van der Waals surface area contributed by atoms with Crippen molar-refractivity contribution in [1.29, 1.82) is 0 Å². The zero-order chi connectivity index (χ0) is 14.7. The first-order valence-electron chi connectivity index (χ1n) is 5.79. The topological polar surface area (TPSA) is 61.6 Å². The first-order valence-corrected chi connectivity index (χ1v) is 5.79. The number of benzene rings is 2. The second kappa shape index (κ2) is 5.56. The van der Waals surface area contributed by atoms with Gasteiger partial charge in [0.2, 0.25) is 11.5 Å². The van der Waals surface area contributed by atoms with Gasteiger partial charge in [0.05, 0.1) is 12.0 Å². The lowest BCUT2D eigenvalue weighted by atomic mass is 10.2. The molecule has 0 aromatic heterocycles. The van der Waals surface area contributed by atoms with Gasteiger partial charge in [-0.3, -0.25) is 10.1 Å². The fraction of sp³-hybridized carbons (Fsp3) is 0.143. The van der Waals surface area contributed by atoms with E-state index >= 15 is 0 Å². The third-order valence-corrected chi connectivity index (χ3v) is 2.75. The van der Waals surface area contributed by atoms with E-state index in [1.54, 1.807) is 19.1 Å². The van der Waals surface area contributed by atoms with Crippen LogP contribution in [-0.4, -0.2) is 12.0 Å². The number of methoxy groups -OCH3 is 1. The molecule has 0 bridgehead atoms. The lowest BCUT2D eigenvalue weighted by Crippen LogP contribution is -1.98. The second-order valence-corrected chi connectivity index (χ2v) is 4.05. The first-order chi connectivity index (χ1) is 9.54. The van der Waals surface area contributed by atoms with E-state index < -0.39 is 10.7 Å². The molecule has 2 aromatic rings. The SMILES string of the molecule is COc1cccc(F)c1Oc1cccc(C)c1[N+](=O)[O-]. The van der Waals surface area contributed by atoms with Gasteiger partial charge in [-0.15, -0.1) is 0 Å². The quantitative estimate of drug-likeness (QED) is 0.629. The van der Waals surface area contributed by atoms with E-state index in [1.807, 2.05) is 0 Å². The number of hydrogen-bond acceptors (Lipinski definition) is 4. The van der Waals surface area contributed by atoms with Crippen molar-refractivity contribution in [3.05, 3.63) is 57.9 Å². The van der Waals surface area contributed by atoms with Gasteiger partial charge < -0.3 is 9.47 Å². The molecule has 0 radical (unpaired) electrons. The molecule has 2 rings (SSSR count). The van der Waals surface area contributed by atoms with Crippen molar-refractivity contribution in [2.45, 2.75) is 6.92 Å². The summed E-state index contributed by atoms with van der Waals surface area (Å²) >= 11 is 0. The van der Waals surface area contributed by atoms with Crippen LogP contribution < -0.4 is 9.47 Å². The molecule has 2 aromatic carbocycles. The van der Waals surface area contributed by atoms with Crippen LogP contribution in [0.15, 0.2) is 36.4 Å². The van der Waals surface area contributed by atoms with Crippen molar-refractivity contribution < 1.29 is 18.8 Å². The van der Waals surface area contributed by atoms with Crippen LogP contribution in [0.5, 0.6) is 17.2 Å². The molecular formula is C14H12FNO4. The molecule has 0 aliphatic rings.